The number of nitrogens with zero attached hydrogens (tertiary/aromatic N) is 1. The fourth-order valence-corrected chi connectivity index (χ4v) is 3.36. The van der Waals surface area contributed by atoms with Crippen molar-refractivity contribution in [2.45, 2.75) is 52.7 Å². The van der Waals surface area contributed by atoms with Crippen LogP contribution in [0.1, 0.15) is 38.8 Å². The first-order valence-electron chi connectivity index (χ1n) is 9.72. The van der Waals surface area contributed by atoms with Crippen LogP contribution >= 0.6 is 23.2 Å². The van der Waals surface area contributed by atoms with Gasteiger partial charge in [0.15, 0.2) is 6.61 Å². The van der Waals surface area contributed by atoms with E-state index in [0.717, 1.165) is 5.56 Å². The Balaban J connectivity index is 2.25. The Labute approximate surface area is 188 Å². The molecule has 2 amide bonds. The molecule has 0 bridgehead atoms. The van der Waals surface area contributed by atoms with E-state index in [1.54, 1.807) is 31.2 Å². The summed E-state index contributed by atoms with van der Waals surface area (Å²) in [5.74, 6) is -0.0236. The smallest absolute Gasteiger partial charge is 0.261 e. The van der Waals surface area contributed by atoms with Crippen LogP contribution in [0.5, 0.6) is 5.75 Å². The van der Waals surface area contributed by atoms with Crippen LogP contribution in [0.15, 0.2) is 42.5 Å². The lowest BCUT2D eigenvalue weighted by Gasteiger charge is -2.31. The molecule has 2 rings (SSSR count). The molecule has 0 aromatic heterocycles. The lowest BCUT2D eigenvalue weighted by atomic mass is 10.1. The number of hydrogen-bond donors (Lipinski definition) is 1. The normalized spacial score (nSPS) is 12.2. The largest absolute Gasteiger partial charge is 0.484 e. The standard InChI is InChI=1S/C23H28Cl2N2O3/c1-15-8-6-9-17(12-15)30-14-21(28)27(16(2)22(29)26-23(3,4)5)13-18-19(24)10-7-11-20(18)25/h6-12,16H,13-14H2,1-5H3,(H,26,29). The average Bonchev–Trinajstić information content (AvgIpc) is 2.64. The van der Waals surface area contributed by atoms with E-state index in [0.29, 0.717) is 21.4 Å². The van der Waals surface area contributed by atoms with Gasteiger partial charge in [-0.25, -0.2) is 0 Å². The van der Waals surface area contributed by atoms with Crippen molar-refractivity contribution in [3.05, 3.63) is 63.6 Å². The van der Waals surface area contributed by atoms with Crippen LogP contribution in [-0.4, -0.2) is 34.9 Å². The second kappa shape index (κ2) is 10.2. The number of nitrogens with one attached hydrogen (secondary N) is 1. The van der Waals surface area contributed by atoms with E-state index >= 15 is 0 Å². The summed E-state index contributed by atoms with van der Waals surface area (Å²) in [5, 5.41) is 3.78. The lowest BCUT2D eigenvalue weighted by Crippen LogP contribution is -2.53. The molecular formula is C23H28Cl2N2O3. The summed E-state index contributed by atoms with van der Waals surface area (Å²) in [6.45, 7) is 9.16. The third-order valence-corrected chi connectivity index (χ3v) is 5.12. The molecule has 0 aliphatic carbocycles. The molecule has 0 saturated carbocycles. The maximum atomic E-state index is 13.1. The van der Waals surface area contributed by atoms with E-state index < -0.39 is 11.6 Å². The zero-order valence-electron chi connectivity index (χ0n) is 18.0. The van der Waals surface area contributed by atoms with Crippen molar-refractivity contribution >= 4 is 35.0 Å². The molecule has 2 aromatic rings. The topological polar surface area (TPSA) is 58.6 Å². The van der Waals surface area contributed by atoms with Gasteiger partial charge in [0.05, 0.1) is 0 Å². The molecule has 0 aliphatic rings. The predicted octanol–water partition coefficient (Wildman–Crippen LogP) is 5.01. The van der Waals surface area contributed by atoms with Crippen LogP contribution in [0, 0.1) is 6.92 Å². The van der Waals surface area contributed by atoms with E-state index in [2.05, 4.69) is 5.32 Å². The number of carbonyl (C=O) groups excluding carboxylic acids is 2. The minimum absolute atomic E-state index is 0.0905. The third kappa shape index (κ3) is 6.92. The van der Waals surface area contributed by atoms with Gasteiger partial charge in [0.2, 0.25) is 5.91 Å². The molecule has 1 N–H and O–H groups in total. The van der Waals surface area contributed by atoms with E-state index in [-0.39, 0.29) is 25.0 Å². The highest BCUT2D eigenvalue weighted by molar-refractivity contribution is 6.36. The van der Waals surface area contributed by atoms with Gasteiger partial charge in [-0.15, -0.1) is 0 Å². The van der Waals surface area contributed by atoms with Crippen molar-refractivity contribution in [3.8, 4) is 5.75 Å². The van der Waals surface area contributed by atoms with Crippen molar-refractivity contribution in [1.82, 2.24) is 10.2 Å². The monoisotopic (exact) mass is 450 g/mol. The summed E-state index contributed by atoms with van der Waals surface area (Å²) >= 11 is 12.6. The second-order valence-corrected chi connectivity index (χ2v) is 9.06. The van der Waals surface area contributed by atoms with Gasteiger partial charge in [-0.05, 0) is 64.4 Å². The second-order valence-electron chi connectivity index (χ2n) is 8.24. The number of amides is 2. The Morgan fingerprint density at radius 2 is 1.70 bits per heavy atom. The van der Waals surface area contributed by atoms with Crippen LogP contribution in [0.25, 0.3) is 0 Å². The van der Waals surface area contributed by atoms with Gasteiger partial charge in [0.1, 0.15) is 11.8 Å². The first-order valence-corrected chi connectivity index (χ1v) is 10.5. The van der Waals surface area contributed by atoms with Gasteiger partial charge in [-0.2, -0.15) is 0 Å². The Kier molecular flexibility index (Phi) is 8.16. The number of aryl methyl sites for hydroxylation is 1. The minimum Gasteiger partial charge on any atom is -0.484 e. The molecule has 5 nitrogen and oxygen atoms in total. The van der Waals surface area contributed by atoms with Gasteiger partial charge in [0, 0.05) is 27.7 Å². The molecule has 30 heavy (non-hydrogen) atoms. The highest BCUT2D eigenvalue weighted by Gasteiger charge is 2.29. The zero-order valence-corrected chi connectivity index (χ0v) is 19.5. The van der Waals surface area contributed by atoms with E-state index in [1.807, 2.05) is 45.9 Å². The van der Waals surface area contributed by atoms with Gasteiger partial charge < -0.3 is 15.0 Å². The highest BCUT2D eigenvalue weighted by atomic mass is 35.5. The highest BCUT2D eigenvalue weighted by Crippen LogP contribution is 2.26. The number of benzene rings is 2. The summed E-state index contributed by atoms with van der Waals surface area (Å²) in [5.41, 5.74) is 1.18. The molecule has 0 spiro atoms. The first kappa shape index (κ1) is 24.0. The quantitative estimate of drug-likeness (QED) is 0.644. The summed E-state index contributed by atoms with van der Waals surface area (Å²) < 4.78 is 5.67. The number of carbonyl (C=O) groups is 2. The van der Waals surface area contributed by atoms with Crippen molar-refractivity contribution in [2.75, 3.05) is 6.61 Å². The number of halogens is 2. The molecule has 0 heterocycles. The van der Waals surface area contributed by atoms with Crippen LogP contribution < -0.4 is 10.1 Å². The predicted molar refractivity (Wildman–Crippen MR) is 121 cm³/mol. The molecule has 0 aliphatic heterocycles. The molecule has 1 unspecified atom stereocenters. The maximum Gasteiger partial charge on any atom is 0.261 e. The molecular weight excluding hydrogens is 423 g/mol. The molecule has 1 atom stereocenters. The number of rotatable bonds is 7. The summed E-state index contributed by atoms with van der Waals surface area (Å²) in [7, 11) is 0. The van der Waals surface area contributed by atoms with Gasteiger partial charge in [0.25, 0.3) is 5.91 Å². The van der Waals surface area contributed by atoms with Crippen LogP contribution in [0.2, 0.25) is 10.0 Å². The fourth-order valence-electron chi connectivity index (χ4n) is 2.84. The molecule has 0 fully saturated rings. The van der Waals surface area contributed by atoms with Crippen LogP contribution in [-0.2, 0) is 16.1 Å². The van der Waals surface area contributed by atoms with Crippen molar-refractivity contribution in [2.24, 2.45) is 0 Å². The average molecular weight is 451 g/mol. The lowest BCUT2D eigenvalue weighted by molar-refractivity contribution is -0.142. The van der Waals surface area contributed by atoms with Crippen LogP contribution in [0.3, 0.4) is 0 Å². The zero-order chi connectivity index (χ0) is 22.5. The Bertz CT molecular complexity index is 889. The summed E-state index contributed by atoms with van der Waals surface area (Å²) in [6.07, 6.45) is 0. The van der Waals surface area contributed by atoms with E-state index in [1.165, 1.54) is 4.90 Å². The van der Waals surface area contributed by atoms with Gasteiger partial charge >= 0.3 is 0 Å². The fraction of sp³-hybridized carbons (Fsp3) is 0.391. The molecule has 0 radical (unpaired) electrons. The number of hydrogen-bond acceptors (Lipinski definition) is 3. The van der Waals surface area contributed by atoms with Crippen molar-refractivity contribution in [3.63, 3.8) is 0 Å². The van der Waals surface area contributed by atoms with Crippen molar-refractivity contribution in [1.29, 1.82) is 0 Å². The van der Waals surface area contributed by atoms with Crippen LogP contribution in [0.4, 0.5) is 0 Å². The maximum absolute atomic E-state index is 13.1. The third-order valence-electron chi connectivity index (χ3n) is 4.41. The van der Waals surface area contributed by atoms with E-state index in [9.17, 15) is 9.59 Å². The Morgan fingerprint density at radius 3 is 2.27 bits per heavy atom. The molecule has 7 heteroatoms. The summed E-state index contributed by atoms with van der Waals surface area (Å²) in [6, 6.07) is 11.8. The van der Waals surface area contributed by atoms with Gasteiger partial charge in [-0.3, -0.25) is 9.59 Å². The van der Waals surface area contributed by atoms with E-state index in [4.69, 9.17) is 27.9 Å². The minimum atomic E-state index is -0.745. The SMILES string of the molecule is Cc1cccc(OCC(=O)N(Cc2c(Cl)cccc2Cl)C(C)C(=O)NC(C)(C)C)c1. The molecule has 2 aromatic carbocycles. The number of ether oxygens (including phenoxy) is 1. The van der Waals surface area contributed by atoms with Gasteiger partial charge in [-0.1, -0.05) is 41.4 Å². The molecule has 162 valence electrons. The first-order chi connectivity index (χ1) is 14.0. The Hall–Kier alpha value is -2.24. The summed E-state index contributed by atoms with van der Waals surface area (Å²) in [4.78, 5) is 27.3. The Morgan fingerprint density at radius 1 is 1.10 bits per heavy atom. The van der Waals surface area contributed by atoms with Crippen molar-refractivity contribution < 1.29 is 14.3 Å². The molecule has 0 saturated heterocycles.